The van der Waals surface area contributed by atoms with Crippen molar-refractivity contribution in [2.24, 2.45) is 0 Å². The molecule has 8 heteroatoms. The highest BCUT2D eigenvalue weighted by molar-refractivity contribution is 5.92. The summed E-state index contributed by atoms with van der Waals surface area (Å²) < 4.78 is 7.67. The van der Waals surface area contributed by atoms with Gasteiger partial charge in [0.25, 0.3) is 5.89 Å². The Labute approximate surface area is 192 Å². The van der Waals surface area contributed by atoms with Crippen LogP contribution >= 0.6 is 0 Å². The number of aryl methyl sites for hydroxylation is 1. The predicted octanol–water partition coefficient (Wildman–Crippen LogP) is 4.76. The highest BCUT2D eigenvalue weighted by Gasteiger charge is 2.27. The molecular weight excluding hydrogens is 416 g/mol. The fraction of sp³-hybridized carbons (Fsp3) is 0.400. The summed E-state index contributed by atoms with van der Waals surface area (Å²) in [5, 5.41) is 9.76. The van der Waals surface area contributed by atoms with E-state index in [9.17, 15) is 4.79 Å². The molecule has 1 aromatic carbocycles. The molecule has 1 aliphatic heterocycles. The number of fused-ring (bicyclic) bond motifs is 1. The SMILES string of the molecule is CC(=O)N1CCCC(c2noc(-c3cc(-c4ccc(C)cc4)nc4c3cnn4C(C)C)n2)C1. The summed E-state index contributed by atoms with van der Waals surface area (Å²) in [5.74, 6) is 1.26. The van der Waals surface area contributed by atoms with Gasteiger partial charge in [-0.05, 0) is 39.7 Å². The summed E-state index contributed by atoms with van der Waals surface area (Å²) in [6.45, 7) is 9.26. The molecule has 4 aromatic rings. The van der Waals surface area contributed by atoms with Crippen LogP contribution in [-0.4, -0.2) is 48.8 Å². The van der Waals surface area contributed by atoms with Gasteiger partial charge in [-0.25, -0.2) is 9.67 Å². The average molecular weight is 445 g/mol. The fourth-order valence-corrected chi connectivity index (χ4v) is 4.43. The van der Waals surface area contributed by atoms with Crippen LogP contribution in [0.25, 0.3) is 33.7 Å². The van der Waals surface area contributed by atoms with Gasteiger partial charge in [0.1, 0.15) is 0 Å². The van der Waals surface area contributed by atoms with E-state index in [0.717, 1.165) is 47.2 Å². The molecule has 1 atom stereocenters. The largest absolute Gasteiger partial charge is 0.342 e. The quantitative estimate of drug-likeness (QED) is 0.451. The van der Waals surface area contributed by atoms with Crippen molar-refractivity contribution in [3.05, 3.63) is 47.9 Å². The summed E-state index contributed by atoms with van der Waals surface area (Å²) in [4.78, 5) is 23.4. The van der Waals surface area contributed by atoms with Gasteiger partial charge in [0, 0.05) is 37.5 Å². The first-order chi connectivity index (χ1) is 15.9. The van der Waals surface area contributed by atoms with E-state index < -0.39 is 0 Å². The summed E-state index contributed by atoms with van der Waals surface area (Å²) in [6, 6.07) is 10.5. The molecule has 4 heterocycles. The number of carbonyl (C=O) groups is 1. The van der Waals surface area contributed by atoms with Crippen LogP contribution in [0.4, 0.5) is 0 Å². The Morgan fingerprint density at radius 2 is 1.97 bits per heavy atom. The molecule has 0 N–H and O–H groups in total. The molecule has 33 heavy (non-hydrogen) atoms. The van der Waals surface area contributed by atoms with Crippen LogP contribution in [0.1, 0.15) is 57.0 Å². The van der Waals surface area contributed by atoms with E-state index in [0.29, 0.717) is 18.3 Å². The van der Waals surface area contributed by atoms with Gasteiger partial charge in [-0.15, -0.1) is 0 Å². The van der Waals surface area contributed by atoms with Crippen molar-refractivity contribution in [2.75, 3.05) is 13.1 Å². The lowest BCUT2D eigenvalue weighted by Gasteiger charge is -2.30. The number of rotatable bonds is 4. The Balaban J connectivity index is 1.59. The third-order valence-electron chi connectivity index (χ3n) is 6.31. The van der Waals surface area contributed by atoms with E-state index in [1.54, 1.807) is 6.92 Å². The third kappa shape index (κ3) is 4.01. The average Bonchev–Trinajstić information content (AvgIpc) is 3.47. The van der Waals surface area contributed by atoms with Crippen LogP contribution in [0.5, 0.6) is 0 Å². The zero-order valence-electron chi connectivity index (χ0n) is 19.4. The lowest BCUT2D eigenvalue weighted by Crippen LogP contribution is -2.37. The van der Waals surface area contributed by atoms with E-state index in [-0.39, 0.29) is 17.9 Å². The van der Waals surface area contributed by atoms with Gasteiger partial charge in [0.15, 0.2) is 11.5 Å². The van der Waals surface area contributed by atoms with Crippen LogP contribution in [0.15, 0.2) is 41.1 Å². The standard InChI is InChI=1S/C25H28N6O2/c1-15(2)31-24-21(13-26-31)20(12-22(27-24)18-9-7-16(3)8-10-18)25-28-23(29-33-25)19-6-5-11-30(14-19)17(4)32/h7-10,12-13,15,19H,5-6,11,14H2,1-4H3. The number of piperidine rings is 1. The van der Waals surface area contributed by atoms with Crippen molar-refractivity contribution >= 4 is 16.9 Å². The van der Waals surface area contributed by atoms with Gasteiger partial charge in [-0.2, -0.15) is 10.1 Å². The minimum atomic E-state index is 0.0763. The molecule has 3 aromatic heterocycles. The summed E-state index contributed by atoms with van der Waals surface area (Å²) in [6.07, 6.45) is 3.69. The van der Waals surface area contributed by atoms with E-state index in [1.807, 2.05) is 21.8 Å². The van der Waals surface area contributed by atoms with Crippen molar-refractivity contribution in [1.82, 2.24) is 29.8 Å². The molecule has 1 saturated heterocycles. The van der Waals surface area contributed by atoms with Gasteiger partial charge in [0.05, 0.1) is 22.8 Å². The molecule has 0 saturated carbocycles. The Morgan fingerprint density at radius 3 is 2.70 bits per heavy atom. The Kier molecular flexibility index (Phi) is 5.44. The number of hydrogen-bond acceptors (Lipinski definition) is 6. The van der Waals surface area contributed by atoms with Crippen molar-refractivity contribution < 1.29 is 9.32 Å². The first-order valence-corrected chi connectivity index (χ1v) is 11.5. The molecule has 1 aliphatic rings. The molecule has 0 bridgehead atoms. The predicted molar refractivity (Wildman–Crippen MR) is 126 cm³/mol. The van der Waals surface area contributed by atoms with Crippen LogP contribution in [-0.2, 0) is 4.79 Å². The lowest BCUT2D eigenvalue weighted by atomic mass is 9.97. The van der Waals surface area contributed by atoms with E-state index >= 15 is 0 Å². The molecule has 5 rings (SSSR count). The first kappa shape index (κ1) is 21.3. The molecule has 8 nitrogen and oxygen atoms in total. The van der Waals surface area contributed by atoms with Gasteiger partial charge in [0.2, 0.25) is 5.91 Å². The second-order valence-electron chi connectivity index (χ2n) is 9.10. The van der Waals surface area contributed by atoms with Crippen LogP contribution in [0.3, 0.4) is 0 Å². The summed E-state index contributed by atoms with van der Waals surface area (Å²) >= 11 is 0. The highest BCUT2D eigenvalue weighted by Crippen LogP contribution is 2.34. The fourth-order valence-electron chi connectivity index (χ4n) is 4.43. The van der Waals surface area contributed by atoms with Crippen molar-refractivity contribution in [3.63, 3.8) is 0 Å². The number of pyridine rings is 1. The molecule has 0 aliphatic carbocycles. The normalized spacial score (nSPS) is 16.6. The molecule has 1 fully saturated rings. The number of amides is 1. The minimum absolute atomic E-state index is 0.0763. The first-order valence-electron chi connectivity index (χ1n) is 11.5. The molecule has 0 spiro atoms. The zero-order chi connectivity index (χ0) is 23.1. The number of hydrogen-bond donors (Lipinski definition) is 0. The van der Waals surface area contributed by atoms with Crippen LogP contribution in [0, 0.1) is 6.92 Å². The Hall–Kier alpha value is -3.55. The second-order valence-corrected chi connectivity index (χ2v) is 9.10. The number of aromatic nitrogens is 5. The monoisotopic (exact) mass is 444 g/mol. The molecule has 170 valence electrons. The third-order valence-corrected chi connectivity index (χ3v) is 6.31. The summed E-state index contributed by atoms with van der Waals surface area (Å²) in [7, 11) is 0. The maximum atomic E-state index is 11.8. The molecule has 1 amide bonds. The summed E-state index contributed by atoms with van der Waals surface area (Å²) in [5.41, 5.74) is 4.66. The second kappa shape index (κ2) is 8.42. The number of likely N-dealkylation sites (tertiary alicyclic amines) is 1. The van der Waals surface area contributed by atoms with Crippen molar-refractivity contribution in [3.8, 4) is 22.7 Å². The van der Waals surface area contributed by atoms with Gasteiger partial charge >= 0.3 is 0 Å². The number of carbonyl (C=O) groups excluding carboxylic acids is 1. The van der Waals surface area contributed by atoms with Crippen molar-refractivity contribution in [1.29, 1.82) is 0 Å². The van der Waals surface area contributed by atoms with E-state index in [1.165, 1.54) is 5.56 Å². The molecular formula is C25H28N6O2. The van der Waals surface area contributed by atoms with Gasteiger partial charge < -0.3 is 9.42 Å². The van der Waals surface area contributed by atoms with E-state index in [4.69, 9.17) is 14.5 Å². The molecule has 0 radical (unpaired) electrons. The zero-order valence-corrected chi connectivity index (χ0v) is 19.4. The molecule has 1 unspecified atom stereocenters. The maximum Gasteiger partial charge on any atom is 0.258 e. The smallest absolute Gasteiger partial charge is 0.258 e. The highest BCUT2D eigenvalue weighted by atomic mass is 16.5. The number of benzene rings is 1. The lowest BCUT2D eigenvalue weighted by molar-refractivity contribution is -0.130. The van der Waals surface area contributed by atoms with Crippen LogP contribution < -0.4 is 0 Å². The van der Waals surface area contributed by atoms with Gasteiger partial charge in [-0.3, -0.25) is 4.79 Å². The number of nitrogens with zero attached hydrogens (tertiary/aromatic N) is 6. The Bertz CT molecular complexity index is 1300. The maximum absolute atomic E-state index is 11.8. The van der Waals surface area contributed by atoms with Gasteiger partial charge in [-0.1, -0.05) is 35.0 Å². The Morgan fingerprint density at radius 1 is 1.18 bits per heavy atom. The topological polar surface area (TPSA) is 89.9 Å². The van der Waals surface area contributed by atoms with E-state index in [2.05, 4.69) is 55.3 Å². The minimum Gasteiger partial charge on any atom is -0.342 e. The van der Waals surface area contributed by atoms with Crippen LogP contribution in [0.2, 0.25) is 0 Å². The van der Waals surface area contributed by atoms with Crippen molar-refractivity contribution in [2.45, 2.75) is 52.5 Å².